The zero-order chi connectivity index (χ0) is 24.7. The fourth-order valence-corrected chi connectivity index (χ4v) is 5.59. The number of nitrogens with zero attached hydrogens (tertiary/aromatic N) is 2. The van der Waals surface area contributed by atoms with Crippen molar-refractivity contribution in [3.63, 3.8) is 0 Å². The molecule has 0 fully saturated rings. The van der Waals surface area contributed by atoms with Crippen molar-refractivity contribution in [2.75, 3.05) is 5.32 Å². The Bertz CT molecular complexity index is 1450. The van der Waals surface area contributed by atoms with Crippen LogP contribution in [0.25, 0.3) is 0 Å². The number of rotatable bonds is 4. The van der Waals surface area contributed by atoms with Gasteiger partial charge in [0.1, 0.15) is 11.6 Å². The molecule has 0 radical (unpaired) electrons. The zero-order valence-corrected chi connectivity index (χ0v) is 20.1. The third-order valence-electron chi connectivity index (χ3n) is 6.36. The fourth-order valence-electron chi connectivity index (χ4n) is 4.78. The normalized spacial score (nSPS) is 18.3. The van der Waals surface area contributed by atoms with Gasteiger partial charge in [0.25, 0.3) is 5.56 Å². The van der Waals surface area contributed by atoms with Crippen LogP contribution in [0.4, 0.5) is 10.2 Å². The van der Waals surface area contributed by atoms with Crippen LogP contribution in [-0.2, 0) is 10.5 Å². The van der Waals surface area contributed by atoms with E-state index in [2.05, 4.69) is 30.2 Å². The van der Waals surface area contributed by atoms with E-state index in [-0.39, 0.29) is 22.6 Å². The van der Waals surface area contributed by atoms with Crippen molar-refractivity contribution in [2.45, 2.75) is 43.5 Å². The summed E-state index contributed by atoms with van der Waals surface area (Å²) in [5, 5.41) is 12.9. The minimum Gasteiger partial charge on any atom is -0.343 e. The van der Waals surface area contributed by atoms with Gasteiger partial charge in [0.15, 0.2) is 10.9 Å². The fraction of sp³-hybridized carbons (Fsp3) is 0.259. The molecule has 2 aliphatic rings. The molecule has 176 valence electrons. The van der Waals surface area contributed by atoms with Crippen LogP contribution in [-0.4, -0.2) is 15.8 Å². The molecule has 1 aliphatic heterocycles. The van der Waals surface area contributed by atoms with Gasteiger partial charge in [0.2, 0.25) is 0 Å². The number of hydrogen-bond acceptors (Lipinski definition) is 6. The number of aromatic nitrogens is 2. The summed E-state index contributed by atoms with van der Waals surface area (Å²) in [5.41, 5.74) is 3.44. The van der Waals surface area contributed by atoms with E-state index in [1.807, 2.05) is 0 Å². The molecule has 3 aromatic rings. The molecule has 2 N–H and O–H groups in total. The molecule has 2 heterocycles. The number of benzene rings is 2. The van der Waals surface area contributed by atoms with E-state index in [1.165, 1.54) is 23.9 Å². The second-order valence-corrected chi connectivity index (χ2v) is 10.6. The topological polar surface area (TPSA) is 98.6 Å². The number of aromatic amines is 1. The third kappa shape index (κ3) is 4.52. The lowest BCUT2D eigenvalue weighted by molar-refractivity contribution is -0.118. The Labute approximate surface area is 206 Å². The Morgan fingerprint density at radius 3 is 2.51 bits per heavy atom. The molecule has 5 rings (SSSR count). The minimum absolute atomic E-state index is 0.0120. The highest BCUT2D eigenvalue weighted by molar-refractivity contribution is 7.98. The van der Waals surface area contributed by atoms with E-state index in [0.717, 1.165) is 16.8 Å². The Balaban J connectivity index is 1.57. The standard InChI is InChI=1S/C27H23FN4O2S/c1-27(2)11-19-22(20(33)12-27)21(17-7-3-15(13-29)4-8-17)23-24(30-19)31-26(32-25(23)34)35-14-16-5-9-18(28)10-6-16/h3-10,21H,11-12,14H2,1-2H3,(H2,30,31,32,34). The first-order chi connectivity index (χ1) is 16.7. The number of hydrogen-bond donors (Lipinski definition) is 2. The van der Waals surface area contributed by atoms with Crippen LogP contribution >= 0.6 is 11.8 Å². The van der Waals surface area contributed by atoms with E-state index < -0.39 is 5.92 Å². The van der Waals surface area contributed by atoms with Gasteiger partial charge in [-0.25, -0.2) is 9.37 Å². The SMILES string of the molecule is CC1(C)CC(=O)C2=C(C1)Nc1nc(SCc3ccc(F)cc3)[nH]c(=O)c1C2c1ccc(C#N)cc1. The molecular weight excluding hydrogens is 463 g/mol. The number of nitriles is 1. The summed E-state index contributed by atoms with van der Waals surface area (Å²) in [4.78, 5) is 34.2. The average molecular weight is 487 g/mol. The zero-order valence-electron chi connectivity index (χ0n) is 19.3. The molecular formula is C27H23FN4O2S. The van der Waals surface area contributed by atoms with Crippen molar-refractivity contribution in [3.05, 3.63) is 98.2 Å². The predicted octanol–water partition coefficient (Wildman–Crippen LogP) is 5.27. The molecule has 8 heteroatoms. The van der Waals surface area contributed by atoms with Gasteiger partial charge in [0, 0.05) is 29.4 Å². The quantitative estimate of drug-likeness (QED) is 0.385. The van der Waals surface area contributed by atoms with Crippen molar-refractivity contribution < 1.29 is 9.18 Å². The minimum atomic E-state index is -0.565. The number of nitrogens with one attached hydrogen (secondary N) is 2. The highest BCUT2D eigenvalue weighted by atomic mass is 32.2. The molecule has 1 aliphatic carbocycles. The van der Waals surface area contributed by atoms with Crippen molar-refractivity contribution in [1.29, 1.82) is 5.26 Å². The number of carbonyl (C=O) groups is 1. The lowest BCUT2D eigenvalue weighted by Crippen LogP contribution is -2.37. The first-order valence-corrected chi connectivity index (χ1v) is 12.3. The van der Waals surface area contributed by atoms with Crippen molar-refractivity contribution in [2.24, 2.45) is 5.41 Å². The Hall–Kier alpha value is -3.70. The number of H-pyrrole nitrogens is 1. The van der Waals surface area contributed by atoms with E-state index >= 15 is 0 Å². The van der Waals surface area contributed by atoms with Gasteiger partial charge in [0.05, 0.1) is 17.2 Å². The van der Waals surface area contributed by atoms with Crippen LogP contribution in [0.3, 0.4) is 0 Å². The number of ketones is 1. The average Bonchev–Trinajstić information content (AvgIpc) is 2.81. The van der Waals surface area contributed by atoms with E-state index in [1.54, 1.807) is 36.4 Å². The molecule has 2 aromatic carbocycles. The number of Topliss-reactive ketones (excluding diaryl/α,β-unsaturated/α-hetero) is 1. The van der Waals surface area contributed by atoms with Crippen LogP contribution < -0.4 is 10.9 Å². The molecule has 0 amide bonds. The van der Waals surface area contributed by atoms with Gasteiger partial charge in [-0.2, -0.15) is 5.26 Å². The van der Waals surface area contributed by atoms with Gasteiger partial charge < -0.3 is 10.3 Å². The predicted molar refractivity (Wildman–Crippen MR) is 132 cm³/mol. The number of thioether (sulfide) groups is 1. The molecule has 0 bridgehead atoms. The van der Waals surface area contributed by atoms with Crippen LogP contribution in [0.1, 0.15) is 54.9 Å². The van der Waals surface area contributed by atoms with Crippen molar-refractivity contribution >= 4 is 23.4 Å². The largest absolute Gasteiger partial charge is 0.343 e. The number of carbonyl (C=O) groups excluding carboxylic acids is 1. The first kappa shape index (κ1) is 23.1. The van der Waals surface area contributed by atoms with Crippen LogP contribution in [0.2, 0.25) is 0 Å². The number of fused-ring (bicyclic) bond motifs is 1. The van der Waals surface area contributed by atoms with E-state index in [9.17, 15) is 19.2 Å². The second kappa shape index (κ2) is 8.82. The lowest BCUT2D eigenvalue weighted by atomic mass is 9.69. The van der Waals surface area contributed by atoms with Gasteiger partial charge in [-0.3, -0.25) is 9.59 Å². The smallest absolute Gasteiger partial charge is 0.257 e. The third-order valence-corrected chi connectivity index (χ3v) is 7.31. The molecule has 0 spiro atoms. The van der Waals surface area contributed by atoms with Crippen LogP contribution in [0.15, 0.2) is 69.8 Å². The Morgan fingerprint density at radius 1 is 1.11 bits per heavy atom. The monoisotopic (exact) mass is 486 g/mol. The lowest BCUT2D eigenvalue weighted by Gasteiger charge is -2.38. The molecule has 0 saturated heterocycles. The molecule has 1 unspecified atom stereocenters. The van der Waals surface area contributed by atoms with Crippen LogP contribution in [0, 0.1) is 22.6 Å². The number of halogens is 1. The molecule has 6 nitrogen and oxygen atoms in total. The summed E-state index contributed by atoms with van der Waals surface area (Å²) in [5.74, 6) is 0.101. The van der Waals surface area contributed by atoms with E-state index in [4.69, 9.17) is 4.98 Å². The number of allylic oxidation sites excluding steroid dienone is 2. The second-order valence-electron chi connectivity index (χ2n) is 9.67. The summed E-state index contributed by atoms with van der Waals surface area (Å²) < 4.78 is 13.2. The summed E-state index contributed by atoms with van der Waals surface area (Å²) in [6, 6.07) is 15.3. The maximum atomic E-state index is 13.4. The molecule has 0 saturated carbocycles. The summed E-state index contributed by atoms with van der Waals surface area (Å²) in [7, 11) is 0. The molecule has 1 aromatic heterocycles. The molecule has 1 atom stereocenters. The number of anilines is 1. The van der Waals surface area contributed by atoms with Gasteiger partial charge >= 0.3 is 0 Å². The van der Waals surface area contributed by atoms with Gasteiger partial charge in [-0.05, 0) is 47.2 Å². The Morgan fingerprint density at radius 2 is 1.83 bits per heavy atom. The summed E-state index contributed by atoms with van der Waals surface area (Å²) in [6.45, 7) is 4.11. The maximum Gasteiger partial charge on any atom is 0.257 e. The van der Waals surface area contributed by atoms with Crippen LogP contribution in [0.5, 0.6) is 0 Å². The summed E-state index contributed by atoms with van der Waals surface area (Å²) >= 11 is 1.35. The van der Waals surface area contributed by atoms with Gasteiger partial charge in [-0.1, -0.05) is 49.9 Å². The van der Waals surface area contributed by atoms with Crippen molar-refractivity contribution in [1.82, 2.24) is 9.97 Å². The Kier molecular flexibility index (Phi) is 5.81. The van der Waals surface area contributed by atoms with Crippen molar-refractivity contribution in [3.8, 4) is 6.07 Å². The highest BCUT2D eigenvalue weighted by Crippen LogP contribution is 2.47. The first-order valence-electron chi connectivity index (χ1n) is 11.3. The van der Waals surface area contributed by atoms with E-state index in [0.29, 0.717) is 46.3 Å². The maximum absolute atomic E-state index is 13.4. The highest BCUT2D eigenvalue weighted by Gasteiger charge is 2.42. The molecule has 35 heavy (non-hydrogen) atoms. The van der Waals surface area contributed by atoms with Gasteiger partial charge in [-0.15, -0.1) is 0 Å². The summed E-state index contributed by atoms with van der Waals surface area (Å²) in [6.07, 6.45) is 1.05.